The number of benzene rings is 1. The molecule has 0 radical (unpaired) electrons. The van der Waals surface area contributed by atoms with Crippen molar-refractivity contribution in [3.05, 3.63) is 63.4 Å². The second kappa shape index (κ2) is 6.03. The van der Waals surface area contributed by atoms with Gasteiger partial charge in [-0.05, 0) is 29.8 Å². The van der Waals surface area contributed by atoms with E-state index in [9.17, 15) is 18.0 Å². The van der Waals surface area contributed by atoms with Crippen LogP contribution in [0.5, 0.6) is 0 Å². The van der Waals surface area contributed by atoms with E-state index < -0.39 is 17.5 Å². The van der Waals surface area contributed by atoms with Gasteiger partial charge in [0.2, 0.25) is 0 Å². The summed E-state index contributed by atoms with van der Waals surface area (Å²) < 4.78 is 37.2. The van der Waals surface area contributed by atoms with Crippen LogP contribution in [0.4, 0.5) is 13.2 Å². The predicted molar refractivity (Wildman–Crippen MR) is 73.7 cm³/mol. The van der Waals surface area contributed by atoms with Crippen LogP contribution in [0.3, 0.4) is 0 Å². The van der Waals surface area contributed by atoms with Crippen molar-refractivity contribution in [1.29, 1.82) is 0 Å². The highest BCUT2D eigenvalue weighted by atomic mass is 35.5. The highest BCUT2D eigenvalue weighted by Gasteiger charge is 2.30. The summed E-state index contributed by atoms with van der Waals surface area (Å²) in [5, 5.41) is 0.644. The number of ketones is 1. The van der Waals surface area contributed by atoms with E-state index in [1.54, 1.807) is 18.2 Å². The maximum atomic E-state index is 12.4. The van der Waals surface area contributed by atoms with E-state index in [1.807, 2.05) is 0 Å². The van der Waals surface area contributed by atoms with Gasteiger partial charge in [0.1, 0.15) is 5.69 Å². The molecule has 1 aromatic heterocycles. The standard InChI is InChI=1S/C14H8Cl2F3NO/c15-10-2-1-3-11(16)9(10)6-13(21)12-5-4-8(7-20-12)14(17,18)19/h1-5,7H,6H2. The molecule has 0 amide bonds. The SMILES string of the molecule is O=C(Cc1c(Cl)cccc1Cl)c1ccc(C(F)(F)F)cn1. The van der Waals surface area contributed by atoms with Crippen molar-refractivity contribution < 1.29 is 18.0 Å². The van der Waals surface area contributed by atoms with E-state index in [0.29, 0.717) is 21.8 Å². The van der Waals surface area contributed by atoms with E-state index in [-0.39, 0.29) is 12.1 Å². The fourth-order valence-corrected chi connectivity index (χ4v) is 2.21. The third-order valence-corrected chi connectivity index (χ3v) is 3.48. The third-order valence-electron chi connectivity index (χ3n) is 2.78. The van der Waals surface area contributed by atoms with Crippen LogP contribution in [0.1, 0.15) is 21.6 Å². The van der Waals surface area contributed by atoms with Crippen molar-refractivity contribution in [3.8, 4) is 0 Å². The van der Waals surface area contributed by atoms with Crippen molar-refractivity contribution in [1.82, 2.24) is 4.98 Å². The molecular formula is C14H8Cl2F3NO. The van der Waals surface area contributed by atoms with E-state index in [1.165, 1.54) is 0 Å². The van der Waals surface area contributed by atoms with Crippen LogP contribution in [-0.2, 0) is 12.6 Å². The van der Waals surface area contributed by atoms with Crippen molar-refractivity contribution >= 4 is 29.0 Å². The third kappa shape index (κ3) is 3.74. The Labute approximate surface area is 128 Å². The summed E-state index contributed by atoms with van der Waals surface area (Å²) in [7, 11) is 0. The number of nitrogens with zero attached hydrogens (tertiary/aromatic N) is 1. The number of carbonyl (C=O) groups is 1. The molecule has 0 spiro atoms. The molecule has 0 aliphatic heterocycles. The summed E-state index contributed by atoms with van der Waals surface area (Å²) >= 11 is 11.9. The monoisotopic (exact) mass is 333 g/mol. The Kier molecular flexibility index (Phi) is 4.54. The van der Waals surface area contributed by atoms with Gasteiger partial charge in [-0.25, -0.2) is 0 Å². The maximum Gasteiger partial charge on any atom is 0.417 e. The largest absolute Gasteiger partial charge is 0.417 e. The predicted octanol–water partition coefficient (Wildman–Crippen LogP) is 4.83. The molecule has 2 rings (SSSR count). The topological polar surface area (TPSA) is 30.0 Å². The summed E-state index contributed by atoms with van der Waals surface area (Å²) in [5.74, 6) is -0.460. The Morgan fingerprint density at radius 1 is 1.10 bits per heavy atom. The Balaban J connectivity index is 2.21. The summed E-state index contributed by atoms with van der Waals surface area (Å²) in [6.07, 6.45) is -3.99. The molecule has 0 aliphatic rings. The van der Waals surface area contributed by atoms with Gasteiger partial charge in [-0.3, -0.25) is 9.78 Å². The van der Waals surface area contributed by atoms with Crippen LogP contribution in [-0.4, -0.2) is 10.8 Å². The first-order valence-corrected chi connectivity index (χ1v) is 6.54. The highest BCUT2D eigenvalue weighted by molar-refractivity contribution is 6.36. The quantitative estimate of drug-likeness (QED) is 0.753. The van der Waals surface area contributed by atoms with Crippen LogP contribution in [0.25, 0.3) is 0 Å². The first-order valence-electron chi connectivity index (χ1n) is 5.78. The molecule has 2 aromatic rings. The molecule has 0 unspecified atom stereocenters. The number of rotatable bonds is 3. The maximum absolute atomic E-state index is 12.4. The first-order chi connectivity index (χ1) is 9.79. The van der Waals surface area contributed by atoms with Crippen molar-refractivity contribution in [2.45, 2.75) is 12.6 Å². The fraction of sp³-hybridized carbons (Fsp3) is 0.143. The van der Waals surface area contributed by atoms with Crippen LogP contribution < -0.4 is 0 Å². The van der Waals surface area contributed by atoms with E-state index in [4.69, 9.17) is 23.2 Å². The van der Waals surface area contributed by atoms with Gasteiger partial charge in [-0.2, -0.15) is 13.2 Å². The molecule has 0 saturated carbocycles. The summed E-state index contributed by atoms with van der Waals surface area (Å²) in [6, 6.07) is 6.64. The van der Waals surface area contributed by atoms with E-state index in [0.717, 1.165) is 12.1 Å². The number of halogens is 5. The van der Waals surface area contributed by atoms with Gasteiger partial charge in [0.05, 0.1) is 5.56 Å². The number of aromatic nitrogens is 1. The van der Waals surface area contributed by atoms with Crippen molar-refractivity contribution in [3.63, 3.8) is 0 Å². The Hall–Kier alpha value is -1.59. The second-order valence-electron chi connectivity index (χ2n) is 4.23. The van der Waals surface area contributed by atoms with Crippen molar-refractivity contribution in [2.24, 2.45) is 0 Å². The number of hydrogen-bond acceptors (Lipinski definition) is 2. The molecule has 1 heterocycles. The molecule has 0 bridgehead atoms. The van der Waals surface area contributed by atoms with Gasteiger partial charge < -0.3 is 0 Å². The molecule has 21 heavy (non-hydrogen) atoms. The molecule has 110 valence electrons. The smallest absolute Gasteiger partial charge is 0.292 e. The summed E-state index contributed by atoms with van der Waals surface area (Å²) in [5.41, 5.74) is -0.554. The zero-order valence-electron chi connectivity index (χ0n) is 10.4. The average molecular weight is 334 g/mol. The van der Waals surface area contributed by atoms with Crippen molar-refractivity contribution in [2.75, 3.05) is 0 Å². The van der Waals surface area contributed by atoms with Gasteiger partial charge in [-0.1, -0.05) is 29.3 Å². The van der Waals surface area contributed by atoms with Gasteiger partial charge >= 0.3 is 6.18 Å². The Morgan fingerprint density at radius 3 is 2.19 bits per heavy atom. The minimum atomic E-state index is -4.49. The average Bonchev–Trinajstić information content (AvgIpc) is 2.42. The molecule has 0 fully saturated rings. The lowest BCUT2D eigenvalue weighted by molar-refractivity contribution is -0.137. The lowest BCUT2D eigenvalue weighted by Gasteiger charge is -2.08. The Bertz CT molecular complexity index is 649. The lowest BCUT2D eigenvalue weighted by atomic mass is 10.1. The van der Waals surface area contributed by atoms with Gasteiger partial charge in [0.25, 0.3) is 0 Å². The summed E-state index contributed by atoms with van der Waals surface area (Å²) in [4.78, 5) is 15.6. The van der Waals surface area contributed by atoms with Gasteiger partial charge in [0, 0.05) is 22.7 Å². The van der Waals surface area contributed by atoms with Crippen LogP contribution in [0, 0.1) is 0 Å². The molecule has 0 N–H and O–H groups in total. The highest BCUT2D eigenvalue weighted by Crippen LogP contribution is 2.29. The zero-order chi connectivity index (χ0) is 15.6. The minimum Gasteiger partial charge on any atom is -0.292 e. The summed E-state index contributed by atoms with van der Waals surface area (Å²) in [6.45, 7) is 0. The lowest BCUT2D eigenvalue weighted by Crippen LogP contribution is -2.10. The Morgan fingerprint density at radius 2 is 1.71 bits per heavy atom. The molecule has 0 aliphatic carbocycles. The number of carbonyl (C=O) groups excluding carboxylic acids is 1. The molecular weight excluding hydrogens is 326 g/mol. The molecule has 0 saturated heterocycles. The van der Waals surface area contributed by atoms with Crippen LogP contribution >= 0.6 is 23.2 Å². The van der Waals surface area contributed by atoms with E-state index in [2.05, 4.69) is 4.98 Å². The first kappa shape index (κ1) is 15.8. The fourth-order valence-electron chi connectivity index (χ4n) is 1.68. The zero-order valence-corrected chi connectivity index (χ0v) is 11.9. The normalized spacial score (nSPS) is 11.5. The number of hydrogen-bond donors (Lipinski definition) is 0. The second-order valence-corrected chi connectivity index (χ2v) is 5.04. The molecule has 1 aromatic carbocycles. The van der Waals surface area contributed by atoms with Gasteiger partial charge in [-0.15, -0.1) is 0 Å². The number of alkyl halides is 3. The molecule has 0 atom stereocenters. The minimum absolute atomic E-state index is 0.0704. The number of Topliss-reactive ketones (excluding diaryl/α,β-unsaturated/α-hetero) is 1. The van der Waals surface area contributed by atoms with E-state index >= 15 is 0 Å². The van der Waals surface area contributed by atoms with Crippen LogP contribution in [0.15, 0.2) is 36.5 Å². The van der Waals surface area contributed by atoms with Crippen LogP contribution in [0.2, 0.25) is 10.0 Å². The van der Waals surface area contributed by atoms with Gasteiger partial charge in [0.15, 0.2) is 5.78 Å². The number of pyridine rings is 1. The molecule has 2 nitrogen and oxygen atoms in total. The molecule has 7 heteroatoms.